The van der Waals surface area contributed by atoms with Crippen LogP contribution in [-0.4, -0.2) is 6.04 Å². The average molecular weight is 272 g/mol. The Hall–Kier alpha value is -0.570. The fourth-order valence-electron chi connectivity index (χ4n) is 2.16. The molecule has 2 rings (SSSR count). The van der Waals surface area contributed by atoms with E-state index < -0.39 is 0 Å². The van der Waals surface area contributed by atoms with Gasteiger partial charge in [-0.1, -0.05) is 22.9 Å². The number of anilines is 1. The minimum Gasteiger partial charge on any atom is -0.380 e. The molecular weight excluding hydrogens is 257 g/mol. The minimum absolute atomic E-state index is 0.177. The van der Waals surface area contributed by atoms with Gasteiger partial charge in [0.25, 0.3) is 0 Å². The van der Waals surface area contributed by atoms with Crippen LogP contribution in [0.3, 0.4) is 0 Å². The molecule has 1 aliphatic carbocycles. The van der Waals surface area contributed by atoms with Crippen molar-refractivity contribution >= 4 is 21.6 Å². The van der Waals surface area contributed by atoms with E-state index in [0.29, 0.717) is 11.7 Å². The Morgan fingerprint density at radius 3 is 2.80 bits per heavy atom. The molecule has 0 amide bonds. The van der Waals surface area contributed by atoms with E-state index in [1.54, 1.807) is 6.07 Å². The summed E-state index contributed by atoms with van der Waals surface area (Å²) in [4.78, 5) is 0. The first-order chi connectivity index (χ1) is 7.15. The molecule has 0 bridgehead atoms. The Labute approximate surface area is 98.2 Å². The van der Waals surface area contributed by atoms with E-state index in [9.17, 15) is 4.39 Å². The fraction of sp³-hybridized carbons (Fsp3) is 0.500. The van der Waals surface area contributed by atoms with Crippen LogP contribution in [0.15, 0.2) is 22.7 Å². The van der Waals surface area contributed by atoms with E-state index >= 15 is 0 Å². The first-order valence-corrected chi connectivity index (χ1v) is 6.16. The molecule has 1 fully saturated rings. The van der Waals surface area contributed by atoms with Gasteiger partial charge in [0.1, 0.15) is 5.82 Å². The largest absolute Gasteiger partial charge is 0.380 e. The van der Waals surface area contributed by atoms with Crippen molar-refractivity contribution in [2.45, 2.75) is 32.2 Å². The third-order valence-electron chi connectivity index (χ3n) is 2.99. The zero-order valence-electron chi connectivity index (χ0n) is 8.76. The minimum atomic E-state index is -0.177. The summed E-state index contributed by atoms with van der Waals surface area (Å²) in [6, 6.07) is 5.60. The monoisotopic (exact) mass is 271 g/mol. The topological polar surface area (TPSA) is 12.0 Å². The van der Waals surface area contributed by atoms with Crippen molar-refractivity contribution in [3.05, 3.63) is 28.5 Å². The van der Waals surface area contributed by atoms with Gasteiger partial charge in [-0.25, -0.2) is 4.39 Å². The van der Waals surface area contributed by atoms with Crippen LogP contribution in [0.5, 0.6) is 0 Å². The molecule has 1 saturated carbocycles. The van der Waals surface area contributed by atoms with Crippen LogP contribution in [0.25, 0.3) is 0 Å². The highest BCUT2D eigenvalue weighted by Crippen LogP contribution is 2.29. The summed E-state index contributed by atoms with van der Waals surface area (Å²) in [6.45, 7) is 2.25. The van der Waals surface area contributed by atoms with Crippen molar-refractivity contribution in [3.8, 4) is 0 Å². The second-order valence-electron chi connectivity index (χ2n) is 4.38. The van der Waals surface area contributed by atoms with Crippen molar-refractivity contribution in [2.75, 3.05) is 5.32 Å². The molecule has 15 heavy (non-hydrogen) atoms. The first kappa shape index (κ1) is 10.9. The van der Waals surface area contributed by atoms with Crippen LogP contribution < -0.4 is 5.32 Å². The summed E-state index contributed by atoms with van der Waals surface area (Å²) in [5.74, 6) is 0.588. The van der Waals surface area contributed by atoms with E-state index in [0.717, 1.165) is 23.2 Å². The second kappa shape index (κ2) is 4.52. The van der Waals surface area contributed by atoms with Gasteiger partial charge in [-0.2, -0.15) is 0 Å². The Balaban J connectivity index is 2.04. The van der Waals surface area contributed by atoms with Gasteiger partial charge in [-0.3, -0.25) is 0 Å². The Morgan fingerprint density at radius 2 is 2.20 bits per heavy atom. The smallest absolute Gasteiger partial charge is 0.147 e. The summed E-state index contributed by atoms with van der Waals surface area (Å²) < 4.78 is 14.3. The normalized spacial score (nSPS) is 25.5. The molecule has 0 spiro atoms. The maximum atomic E-state index is 13.5. The number of rotatable bonds is 2. The highest BCUT2D eigenvalue weighted by Gasteiger charge is 2.21. The van der Waals surface area contributed by atoms with Crippen LogP contribution in [0, 0.1) is 11.7 Å². The Kier molecular flexibility index (Phi) is 3.29. The fourth-order valence-corrected chi connectivity index (χ4v) is 2.50. The van der Waals surface area contributed by atoms with Gasteiger partial charge in [0.05, 0.1) is 5.69 Å². The average Bonchev–Trinajstić information content (AvgIpc) is 2.56. The summed E-state index contributed by atoms with van der Waals surface area (Å²) in [5, 5.41) is 3.27. The van der Waals surface area contributed by atoms with E-state index in [-0.39, 0.29) is 5.82 Å². The summed E-state index contributed by atoms with van der Waals surface area (Å²) in [7, 11) is 0. The third-order valence-corrected chi connectivity index (χ3v) is 3.48. The number of hydrogen-bond donors (Lipinski definition) is 1. The third kappa shape index (κ3) is 2.71. The molecule has 1 nitrogen and oxygen atoms in total. The number of nitrogens with one attached hydrogen (secondary N) is 1. The van der Waals surface area contributed by atoms with Crippen molar-refractivity contribution in [3.63, 3.8) is 0 Å². The summed E-state index contributed by atoms with van der Waals surface area (Å²) in [5.41, 5.74) is 0.623. The number of halogens is 2. The van der Waals surface area contributed by atoms with Gasteiger partial charge >= 0.3 is 0 Å². The van der Waals surface area contributed by atoms with Crippen LogP contribution in [-0.2, 0) is 0 Å². The predicted molar refractivity (Wildman–Crippen MR) is 64.5 cm³/mol. The zero-order valence-corrected chi connectivity index (χ0v) is 10.3. The summed E-state index contributed by atoms with van der Waals surface area (Å²) >= 11 is 3.25. The molecule has 1 aliphatic rings. The molecule has 0 heterocycles. The molecular formula is C12H15BrFN. The molecule has 0 aliphatic heterocycles. The molecule has 2 atom stereocenters. The lowest BCUT2D eigenvalue weighted by atomic mass is 10.1. The first-order valence-electron chi connectivity index (χ1n) is 5.37. The second-order valence-corrected chi connectivity index (χ2v) is 5.30. The molecule has 0 saturated heterocycles. The molecule has 1 N–H and O–H groups in total. The summed E-state index contributed by atoms with van der Waals surface area (Å²) in [6.07, 6.45) is 3.54. The number of benzene rings is 1. The van der Waals surface area contributed by atoms with E-state index in [4.69, 9.17) is 0 Å². The number of hydrogen-bond acceptors (Lipinski definition) is 1. The molecule has 2 unspecified atom stereocenters. The van der Waals surface area contributed by atoms with E-state index in [1.165, 1.54) is 12.5 Å². The van der Waals surface area contributed by atoms with Gasteiger partial charge in [0, 0.05) is 10.5 Å². The molecule has 1 aromatic rings. The van der Waals surface area contributed by atoms with Crippen molar-refractivity contribution in [1.29, 1.82) is 0 Å². The van der Waals surface area contributed by atoms with Gasteiger partial charge in [0.2, 0.25) is 0 Å². The molecule has 82 valence electrons. The molecule has 0 radical (unpaired) electrons. The van der Waals surface area contributed by atoms with Crippen LogP contribution in [0.1, 0.15) is 26.2 Å². The van der Waals surface area contributed by atoms with Crippen LogP contribution >= 0.6 is 15.9 Å². The van der Waals surface area contributed by atoms with E-state index in [2.05, 4.69) is 28.2 Å². The van der Waals surface area contributed by atoms with Crippen molar-refractivity contribution < 1.29 is 4.39 Å². The lowest BCUT2D eigenvalue weighted by Gasteiger charge is -2.14. The van der Waals surface area contributed by atoms with Crippen molar-refractivity contribution in [2.24, 2.45) is 5.92 Å². The van der Waals surface area contributed by atoms with Crippen LogP contribution in [0.2, 0.25) is 0 Å². The highest BCUT2D eigenvalue weighted by atomic mass is 79.9. The van der Waals surface area contributed by atoms with Crippen LogP contribution in [0.4, 0.5) is 10.1 Å². The Bertz CT molecular complexity index is 353. The molecule has 0 aromatic heterocycles. The van der Waals surface area contributed by atoms with Crippen molar-refractivity contribution in [1.82, 2.24) is 0 Å². The maximum absolute atomic E-state index is 13.5. The lowest BCUT2D eigenvalue weighted by molar-refractivity contribution is 0.597. The lowest BCUT2D eigenvalue weighted by Crippen LogP contribution is -2.16. The van der Waals surface area contributed by atoms with E-state index in [1.807, 2.05) is 6.07 Å². The molecule has 1 aromatic carbocycles. The highest BCUT2D eigenvalue weighted by molar-refractivity contribution is 9.10. The zero-order chi connectivity index (χ0) is 10.8. The quantitative estimate of drug-likeness (QED) is 0.851. The Morgan fingerprint density at radius 1 is 1.40 bits per heavy atom. The molecule has 3 heteroatoms. The standard InChI is InChI=1S/C12H15BrFN/c1-8-2-4-10(6-8)15-12-5-3-9(13)7-11(12)14/h3,5,7-8,10,15H,2,4,6H2,1H3. The van der Waals surface area contributed by atoms with Gasteiger partial charge in [0.15, 0.2) is 0 Å². The van der Waals surface area contributed by atoms with Gasteiger partial charge in [-0.05, 0) is 43.4 Å². The van der Waals surface area contributed by atoms with Gasteiger partial charge < -0.3 is 5.32 Å². The predicted octanol–water partition coefficient (Wildman–Crippen LogP) is 4.19. The van der Waals surface area contributed by atoms with Gasteiger partial charge in [-0.15, -0.1) is 0 Å². The SMILES string of the molecule is CC1CCC(Nc2ccc(Br)cc2F)C1. The maximum Gasteiger partial charge on any atom is 0.147 e.